The van der Waals surface area contributed by atoms with E-state index in [1.807, 2.05) is 7.05 Å². The maximum absolute atomic E-state index is 13.2. The van der Waals surface area contributed by atoms with Crippen molar-refractivity contribution < 1.29 is 8.78 Å². The van der Waals surface area contributed by atoms with Crippen LogP contribution in [0.2, 0.25) is 0 Å². The minimum absolute atomic E-state index is 0.0325. The summed E-state index contributed by atoms with van der Waals surface area (Å²) in [5.41, 5.74) is 8.08. The second-order valence-electron chi connectivity index (χ2n) is 6.10. The Labute approximate surface area is 113 Å². The lowest BCUT2D eigenvalue weighted by atomic mass is 9.82. The number of rotatable bonds is 3. The van der Waals surface area contributed by atoms with E-state index in [1.165, 1.54) is 0 Å². The van der Waals surface area contributed by atoms with Crippen LogP contribution in [-0.4, -0.2) is 15.7 Å². The average Bonchev–Trinajstić information content (AvgIpc) is 2.57. The molecule has 0 atom stereocenters. The Hall–Kier alpha value is -1.13. The third-order valence-corrected chi connectivity index (χ3v) is 3.94. The molecule has 1 aliphatic carbocycles. The van der Waals surface area contributed by atoms with Crippen LogP contribution >= 0.6 is 0 Å². The zero-order chi connectivity index (χ0) is 14.2. The van der Waals surface area contributed by atoms with Gasteiger partial charge in [-0.15, -0.1) is 0 Å². The molecule has 108 valence electrons. The summed E-state index contributed by atoms with van der Waals surface area (Å²) in [6.07, 6.45) is 1.82. The first kappa shape index (κ1) is 14.3. The number of nitrogens with two attached hydrogens (primary N) is 1. The lowest BCUT2D eigenvalue weighted by Gasteiger charge is -2.27. The number of alkyl halides is 2. The summed E-state index contributed by atoms with van der Waals surface area (Å²) >= 11 is 0. The minimum Gasteiger partial charge on any atom is -0.384 e. The van der Waals surface area contributed by atoms with Crippen LogP contribution in [0.15, 0.2) is 0 Å². The van der Waals surface area contributed by atoms with Crippen LogP contribution in [0.3, 0.4) is 0 Å². The van der Waals surface area contributed by atoms with E-state index in [4.69, 9.17) is 5.73 Å². The van der Waals surface area contributed by atoms with Crippen LogP contribution in [0.5, 0.6) is 0 Å². The zero-order valence-corrected chi connectivity index (χ0v) is 11.9. The molecule has 1 aromatic rings. The van der Waals surface area contributed by atoms with Gasteiger partial charge in [0, 0.05) is 31.4 Å². The second-order valence-corrected chi connectivity index (χ2v) is 6.10. The predicted octanol–water partition coefficient (Wildman–Crippen LogP) is 3.49. The van der Waals surface area contributed by atoms with Gasteiger partial charge in [-0.05, 0) is 25.2 Å². The second kappa shape index (κ2) is 5.10. The summed E-state index contributed by atoms with van der Waals surface area (Å²) in [6.45, 7) is 4.26. The fourth-order valence-electron chi connectivity index (χ4n) is 2.86. The summed E-state index contributed by atoms with van der Waals surface area (Å²) in [4.78, 5) is 0. The van der Waals surface area contributed by atoms with Gasteiger partial charge in [-0.25, -0.2) is 8.78 Å². The molecule has 1 heterocycles. The van der Waals surface area contributed by atoms with Crippen molar-refractivity contribution in [3.8, 4) is 0 Å². The minimum atomic E-state index is -2.49. The maximum Gasteiger partial charge on any atom is 0.248 e. The Balaban J connectivity index is 2.22. The highest BCUT2D eigenvalue weighted by molar-refractivity contribution is 5.45. The first-order valence-corrected chi connectivity index (χ1v) is 6.99. The van der Waals surface area contributed by atoms with E-state index in [2.05, 4.69) is 18.9 Å². The Morgan fingerprint density at radius 2 is 1.95 bits per heavy atom. The Morgan fingerprint density at radius 3 is 2.47 bits per heavy atom. The Morgan fingerprint density at radius 1 is 1.37 bits per heavy atom. The highest BCUT2D eigenvalue weighted by atomic mass is 19.3. The van der Waals surface area contributed by atoms with E-state index in [9.17, 15) is 8.78 Å². The van der Waals surface area contributed by atoms with E-state index in [-0.39, 0.29) is 18.8 Å². The molecule has 0 saturated heterocycles. The molecule has 5 heteroatoms. The average molecular weight is 271 g/mol. The van der Waals surface area contributed by atoms with E-state index in [0.29, 0.717) is 24.6 Å². The number of nitrogens with zero attached hydrogens (tertiary/aromatic N) is 2. The molecule has 3 nitrogen and oxygen atoms in total. The topological polar surface area (TPSA) is 43.8 Å². The van der Waals surface area contributed by atoms with Crippen LogP contribution in [0.1, 0.15) is 56.7 Å². The van der Waals surface area contributed by atoms with Crippen molar-refractivity contribution in [3.05, 3.63) is 11.3 Å². The van der Waals surface area contributed by atoms with Crippen LogP contribution in [0, 0.1) is 5.92 Å². The third kappa shape index (κ3) is 3.07. The van der Waals surface area contributed by atoms with Crippen molar-refractivity contribution in [2.24, 2.45) is 13.0 Å². The number of aryl methyl sites for hydroxylation is 1. The molecule has 2 N–H and O–H groups in total. The lowest BCUT2D eigenvalue weighted by molar-refractivity contribution is -0.0385. The quantitative estimate of drug-likeness (QED) is 0.914. The first-order valence-electron chi connectivity index (χ1n) is 6.99. The largest absolute Gasteiger partial charge is 0.384 e. The molecule has 1 aromatic heterocycles. The van der Waals surface area contributed by atoms with Gasteiger partial charge in [0.2, 0.25) is 5.92 Å². The van der Waals surface area contributed by atoms with Crippen LogP contribution in [0.25, 0.3) is 0 Å². The molecule has 2 rings (SSSR count). The number of hydrogen-bond acceptors (Lipinski definition) is 2. The van der Waals surface area contributed by atoms with Gasteiger partial charge in [-0.2, -0.15) is 5.10 Å². The Kier molecular flexibility index (Phi) is 3.83. The fraction of sp³-hybridized carbons (Fsp3) is 0.786. The van der Waals surface area contributed by atoms with Gasteiger partial charge in [0.1, 0.15) is 5.82 Å². The fourth-order valence-corrected chi connectivity index (χ4v) is 2.86. The molecular weight excluding hydrogens is 248 g/mol. The molecule has 1 fully saturated rings. The zero-order valence-electron chi connectivity index (χ0n) is 11.9. The van der Waals surface area contributed by atoms with Gasteiger partial charge in [0.15, 0.2) is 0 Å². The molecule has 0 spiro atoms. The molecule has 0 unspecified atom stereocenters. The normalized spacial score (nSPS) is 20.1. The number of halogens is 2. The molecule has 0 amide bonds. The molecule has 1 aliphatic rings. The first-order chi connectivity index (χ1) is 8.80. The summed E-state index contributed by atoms with van der Waals surface area (Å²) in [7, 11) is 1.82. The van der Waals surface area contributed by atoms with Gasteiger partial charge in [-0.1, -0.05) is 13.8 Å². The van der Waals surface area contributed by atoms with Crippen LogP contribution in [0.4, 0.5) is 14.6 Å². The van der Waals surface area contributed by atoms with Gasteiger partial charge in [-0.3, -0.25) is 4.68 Å². The van der Waals surface area contributed by atoms with Gasteiger partial charge < -0.3 is 5.73 Å². The summed E-state index contributed by atoms with van der Waals surface area (Å²) in [6, 6.07) is 0. The number of nitrogen functional groups attached to an aromatic ring is 1. The monoisotopic (exact) mass is 271 g/mol. The number of hydrogen-bond donors (Lipinski definition) is 1. The predicted molar refractivity (Wildman–Crippen MR) is 72.3 cm³/mol. The SMILES string of the molecule is CC(C)Cc1c(C2CCC(F)(F)CC2)nn(C)c1N. The van der Waals surface area contributed by atoms with E-state index >= 15 is 0 Å². The molecule has 0 bridgehead atoms. The van der Waals surface area contributed by atoms with E-state index in [1.54, 1.807) is 4.68 Å². The van der Waals surface area contributed by atoms with E-state index < -0.39 is 5.92 Å². The van der Waals surface area contributed by atoms with Crippen molar-refractivity contribution >= 4 is 5.82 Å². The summed E-state index contributed by atoms with van der Waals surface area (Å²) in [5, 5.41) is 4.48. The van der Waals surface area contributed by atoms with Gasteiger partial charge >= 0.3 is 0 Å². The van der Waals surface area contributed by atoms with Crippen LogP contribution in [-0.2, 0) is 13.5 Å². The van der Waals surface area contributed by atoms with Crippen molar-refractivity contribution in [2.45, 2.75) is 57.8 Å². The molecule has 0 aliphatic heterocycles. The molecule has 0 radical (unpaired) electrons. The smallest absolute Gasteiger partial charge is 0.248 e. The summed E-state index contributed by atoms with van der Waals surface area (Å²) < 4.78 is 28.2. The third-order valence-electron chi connectivity index (χ3n) is 3.94. The lowest BCUT2D eigenvalue weighted by Crippen LogP contribution is -2.24. The van der Waals surface area contributed by atoms with Crippen LogP contribution < -0.4 is 5.73 Å². The van der Waals surface area contributed by atoms with Crippen molar-refractivity contribution in [1.82, 2.24) is 9.78 Å². The maximum atomic E-state index is 13.2. The molecule has 0 aromatic carbocycles. The molecule has 1 saturated carbocycles. The van der Waals surface area contributed by atoms with Gasteiger partial charge in [0.25, 0.3) is 0 Å². The van der Waals surface area contributed by atoms with E-state index in [0.717, 1.165) is 17.7 Å². The van der Waals surface area contributed by atoms with Crippen molar-refractivity contribution in [3.63, 3.8) is 0 Å². The van der Waals surface area contributed by atoms with Crippen molar-refractivity contribution in [2.75, 3.05) is 5.73 Å². The summed E-state index contributed by atoms with van der Waals surface area (Å²) in [5.74, 6) is -1.19. The number of aromatic nitrogens is 2. The van der Waals surface area contributed by atoms with Gasteiger partial charge in [0.05, 0.1) is 5.69 Å². The molecular formula is C14H23F2N3. The Bertz CT molecular complexity index is 442. The van der Waals surface area contributed by atoms with Crippen molar-refractivity contribution in [1.29, 1.82) is 0 Å². The highest BCUT2D eigenvalue weighted by Gasteiger charge is 2.37. The number of anilines is 1. The highest BCUT2D eigenvalue weighted by Crippen LogP contribution is 2.42. The molecule has 19 heavy (non-hydrogen) atoms. The standard InChI is InChI=1S/C14H23F2N3/c1-9(2)8-11-12(18-19(3)13(11)17)10-4-6-14(15,16)7-5-10/h9-10H,4-8,17H2,1-3H3.